The largest absolute Gasteiger partial charge is 0.368 e. The van der Waals surface area contributed by atoms with Gasteiger partial charge in [0.2, 0.25) is 5.95 Å². The second-order valence-corrected chi connectivity index (χ2v) is 5.61. The number of rotatable bonds is 2. The van der Waals surface area contributed by atoms with Crippen LogP contribution in [0.25, 0.3) is 22.0 Å². The quantitative estimate of drug-likeness (QED) is 0.770. The molecule has 0 aliphatic heterocycles. The first kappa shape index (κ1) is 14.4. The molecular weight excluding hydrogens is 284 g/mol. The van der Waals surface area contributed by atoms with Crippen LogP contribution in [0.4, 0.5) is 14.7 Å². The Balaban J connectivity index is 2.29. The van der Waals surface area contributed by atoms with Crippen LogP contribution in [0, 0.1) is 5.82 Å². The van der Waals surface area contributed by atoms with Gasteiger partial charge in [0.25, 0.3) is 0 Å². The second kappa shape index (κ2) is 5.02. The van der Waals surface area contributed by atoms with Crippen LogP contribution in [-0.2, 0) is 5.67 Å². The molecule has 3 aromatic rings. The van der Waals surface area contributed by atoms with Crippen molar-refractivity contribution >= 4 is 16.7 Å². The van der Waals surface area contributed by atoms with Crippen LogP contribution < -0.4 is 5.73 Å². The predicted octanol–water partition coefficient (Wildman–Crippen LogP) is 4.22. The maximum atomic E-state index is 14.2. The van der Waals surface area contributed by atoms with Crippen LogP contribution in [0.2, 0.25) is 0 Å². The number of hydrogen-bond acceptors (Lipinski definition) is 3. The lowest BCUT2D eigenvalue weighted by Crippen LogP contribution is -2.14. The molecule has 0 bridgehead atoms. The van der Waals surface area contributed by atoms with Gasteiger partial charge in [-0.15, -0.1) is 0 Å². The Morgan fingerprint density at radius 1 is 1.00 bits per heavy atom. The van der Waals surface area contributed by atoms with Gasteiger partial charge in [0, 0.05) is 10.9 Å². The average Bonchev–Trinajstić information content (AvgIpc) is 2.46. The van der Waals surface area contributed by atoms with Crippen molar-refractivity contribution in [1.82, 2.24) is 9.97 Å². The lowest BCUT2D eigenvalue weighted by atomic mass is 9.99. The molecule has 1 aromatic heterocycles. The molecular formula is C17H15F2N3. The summed E-state index contributed by atoms with van der Waals surface area (Å²) < 4.78 is 28.1. The van der Waals surface area contributed by atoms with E-state index < -0.39 is 5.67 Å². The van der Waals surface area contributed by atoms with Crippen LogP contribution in [0.3, 0.4) is 0 Å². The van der Waals surface area contributed by atoms with Crippen molar-refractivity contribution in [2.24, 2.45) is 0 Å². The first-order valence-corrected chi connectivity index (χ1v) is 6.88. The Kier molecular flexibility index (Phi) is 3.28. The molecule has 0 atom stereocenters. The molecule has 0 fully saturated rings. The van der Waals surface area contributed by atoms with Gasteiger partial charge in [0.1, 0.15) is 11.5 Å². The molecule has 0 amide bonds. The Morgan fingerprint density at radius 3 is 2.36 bits per heavy atom. The van der Waals surface area contributed by atoms with E-state index >= 15 is 0 Å². The van der Waals surface area contributed by atoms with Crippen LogP contribution in [-0.4, -0.2) is 9.97 Å². The van der Waals surface area contributed by atoms with Gasteiger partial charge in [0.15, 0.2) is 0 Å². The van der Waals surface area contributed by atoms with Gasteiger partial charge < -0.3 is 5.73 Å². The maximum absolute atomic E-state index is 14.2. The van der Waals surface area contributed by atoms with Crippen molar-refractivity contribution in [3.8, 4) is 11.3 Å². The Morgan fingerprint density at radius 2 is 1.68 bits per heavy atom. The summed E-state index contributed by atoms with van der Waals surface area (Å²) >= 11 is 0. The average molecular weight is 299 g/mol. The van der Waals surface area contributed by atoms with Gasteiger partial charge in [-0.25, -0.2) is 18.7 Å². The Labute approximate surface area is 126 Å². The Hall–Kier alpha value is -2.56. The minimum absolute atomic E-state index is 0.00775. The van der Waals surface area contributed by atoms with E-state index in [4.69, 9.17) is 5.73 Å². The molecule has 2 aromatic carbocycles. The van der Waals surface area contributed by atoms with Crippen LogP contribution in [0.15, 0.2) is 42.5 Å². The number of alkyl halides is 1. The van der Waals surface area contributed by atoms with E-state index in [0.717, 1.165) is 0 Å². The van der Waals surface area contributed by atoms with Gasteiger partial charge in [0.05, 0.1) is 11.4 Å². The molecule has 3 rings (SSSR count). The summed E-state index contributed by atoms with van der Waals surface area (Å²) in [7, 11) is 0. The topological polar surface area (TPSA) is 51.8 Å². The highest BCUT2D eigenvalue weighted by Crippen LogP contribution is 2.32. The summed E-state index contributed by atoms with van der Waals surface area (Å²) in [6.45, 7) is 2.81. The highest BCUT2D eigenvalue weighted by atomic mass is 19.1. The fourth-order valence-electron chi connectivity index (χ4n) is 2.39. The van der Waals surface area contributed by atoms with E-state index in [1.807, 2.05) is 6.07 Å². The van der Waals surface area contributed by atoms with Crippen molar-refractivity contribution in [3.63, 3.8) is 0 Å². The molecule has 1 heterocycles. The minimum Gasteiger partial charge on any atom is -0.368 e. The summed E-state index contributed by atoms with van der Waals surface area (Å²) in [6, 6.07) is 11.6. The highest BCUT2D eigenvalue weighted by molar-refractivity contribution is 5.96. The van der Waals surface area contributed by atoms with Gasteiger partial charge in [-0.3, -0.25) is 0 Å². The number of nitrogens with two attached hydrogens (primary N) is 1. The number of fused-ring (bicyclic) bond motifs is 1. The van der Waals surface area contributed by atoms with Gasteiger partial charge in [-0.05, 0) is 37.4 Å². The lowest BCUT2D eigenvalue weighted by Gasteiger charge is -2.15. The third-order valence-corrected chi connectivity index (χ3v) is 3.50. The molecule has 112 valence electrons. The fraction of sp³-hybridized carbons (Fsp3) is 0.176. The van der Waals surface area contributed by atoms with Crippen LogP contribution in [0.1, 0.15) is 19.5 Å². The van der Waals surface area contributed by atoms with Gasteiger partial charge in [-0.1, -0.05) is 24.3 Å². The minimum atomic E-state index is -1.64. The third kappa shape index (κ3) is 2.50. The summed E-state index contributed by atoms with van der Waals surface area (Å²) in [6.07, 6.45) is 0. The molecule has 3 nitrogen and oxygen atoms in total. The summed E-state index contributed by atoms with van der Waals surface area (Å²) in [4.78, 5) is 8.12. The summed E-state index contributed by atoms with van der Waals surface area (Å²) in [5.74, 6) is -0.320. The molecule has 22 heavy (non-hydrogen) atoms. The van der Waals surface area contributed by atoms with E-state index in [1.165, 1.54) is 19.9 Å². The Bertz CT molecular complexity index is 854. The first-order valence-electron chi connectivity index (χ1n) is 6.88. The summed E-state index contributed by atoms with van der Waals surface area (Å²) in [5.41, 5.74) is 5.43. The van der Waals surface area contributed by atoms with E-state index in [9.17, 15) is 8.78 Å². The van der Waals surface area contributed by atoms with Crippen LogP contribution in [0.5, 0.6) is 0 Å². The van der Waals surface area contributed by atoms with Gasteiger partial charge in [-0.2, -0.15) is 0 Å². The van der Waals surface area contributed by atoms with E-state index in [0.29, 0.717) is 22.0 Å². The summed E-state index contributed by atoms with van der Waals surface area (Å²) in [5, 5.41) is 1.18. The highest BCUT2D eigenvalue weighted by Gasteiger charge is 2.23. The number of nitrogens with zero attached hydrogens (tertiary/aromatic N) is 2. The van der Waals surface area contributed by atoms with Gasteiger partial charge >= 0.3 is 0 Å². The molecule has 0 unspecified atom stereocenters. The van der Waals surface area contributed by atoms with Crippen molar-refractivity contribution in [2.75, 3.05) is 5.73 Å². The normalized spacial score (nSPS) is 11.8. The van der Waals surface area contributed by atoms with Crippen LogP contribution >= 0.6 is 0 Å². The molecule has 0 aliphatic rings. The number of anilines is 1. The van der Waals surface area contributed by atoms with Crippen molar-refractivity contribution < 1.29 is 8.78 Å². The fourth-order valence-corrected chi connectivity index (χ4v) is 2.39. The smallest absolute Gasteiger partial charge is 0.220 e. The zero-order valence-corrected chi connectivity index (χ0v) is 12.3. The molecule has 0 saturated carbocycles. The van der Waals surface area contributed by atoms with Crippen molar-refractivity contribution in [2.45, 2.75) is 19.5 Å². The van der Waals surface area contributed by atoms with Crippen molar-refractivity contribution in [3.05, 3.63) is 54.0 Å². The lowest BCUT2D eigenvalue weighted by molar-refractivity contribution is 0.214. The second-order valence-electron chi connectivity index (χ2n) is 5.61. The zero-order chi connectivity index (χ0) is 15.9. The van der Waals surface area contributed by atoms with E-state index in [-0.39, 0.29) is 17.5 Å². The molecule has 0 saturated heterocycles. The number of aromatic nitrogens is 2. The molecule has 2 N–H and O–H groups in total. The predicted molar refractivity (Wildman–Crippen MR) is 83.5 cm³/mol. The number of nitrogen functional groups attached to an aromatic ring is 1. The SMILES string of the molecule is CC(C)(F)c1cc(-c2ccc(F)c3ccccc23)nc(N)n1. The first-order chi connectivity index (χ1) is 10.4. The van der Waals surface area contributed by atoms with Crippen molar-refractivity contribution in [1.29, 1.82) is 0 Å². The molecule has 0 aliphatic carbocycles. The number of benzene rings is 2. The van der Waals surface area contributed by atoms with E-state index in [2.05, 4.69) is 9.97 Å². The van der Waals surface area contributed by atoms with E-state index in [1.54, 1.807) is 30.3 Å². The third-order valence-electron chi connectivity index (χ3n) is 3.50. The standard InChI is InChI=1S/C17H15F2N3/c1-17(2,19)15-9-14(21-16(20)22-15)12-7-8-13(18)11-6-4-3-5-10(11)12/h3-9H,1-2H3,(H2,20,21,22). The maximum Gasteiger partial charge on any atom is 0.220 e. The molecule has 0 spiro atoms. The monoisotopic (exact) mass is 299 g/mol. The number of halogens is 2. The molecule has 0 radical (unpaired) electrons. The number of hydrogen-bond donors (Lipinski definition) is 1. The zero-order valence-electron chi connectivity index (χ0n) is 12.3. The molecule has 5 heteroatoms.